The maximum Gasteiger partial charge on any atom is 0.238 e. The third-order valence-electron chi connectivity index (χ3n) is 4.90. The predicted molar refractivity (Wildman–Crippen MR) is 120 cm³/mol. The SMILES string of the molecule is COc1ncc(-c2ccc3ncc4nccn4c3c2)cc1NS(=O)c1ccc(F)cc1F.O. The maximum absolute atomic E-state index is 14.0. The fourth-order valence-electron chi connectivity index (χ4n) is 3.37. The van der Waals surface area contributed by atoms with Gasteiger partial charge in [0.1, 0.15) is 17.3 Å². The van der Waals surface area contributed by atoms with Gasteiger partial charge in [-0.3, -0.25) is 14.1 Å². The maximum atomic E-state index is 14.0. The summed E-state index contributed by atoms with van der Waals surface area (Å²) in [4.78, 5) is 12.8. The van der Waals surface area contributed by atoms with E-state index in [1.807, 2.05) is 28.8 Å². The van der Waals surface area contributed by atoms with Crippen LogP contribution in [0.3, 0.4) is 0 Å². The van der Waals surface area contributed by atoms with Crippen molar-refractivity contribution >= 4 is 33.4 Å². The summed E-state index contributed by atoms with van der Waals surface area (Å²) >= 11 is 0. The molecule has 0 aliphatic rings. The van der Waals surface area contributed by atoms with Crippen LogP contribution in [-0.4, -0.2) is 36.1 Å². The molecule has 0 radical (unpaired) electrons. The Morgan fingerprint density at radius 3 is 2.64 bits per heavy atom. The molecule has 5 rings (SSSR count). The zero-order chi connectivity index (χ0) is 22.2. The molecule has 3 heterocycles. The van der Waals surface area contributed by atoms with E-state index in [-0.39, 0.29) is 16.3 Å². The highest BCUT2D eigenvalue weighted by Crippen LogP contribution is 2.31. The molecule has 0 spiro atoms. The molecule has 8 nitrogen and oxygen atoms in total. The quantitative estimate of drug-likeness (QED) is 0.423. The lowest BCUT2D eigenvalue weighted by Gasteiger charge is -2.12. The van der Waals surface area contributed by atoms with Crippen LogP contribution in [-0.2, 0) is 11.0 Å². The van der Waals surface area contributed by atoms with Crippen LogP contribution < -0.4 is 9.46 Å². The molecule has 1 atom stereocenters. The highest BCUT2D eigenvalue weighted by molar-refractivity contribution is 7.86. The third kappa shape index (κ3) is 4.11. The lowest BCUT2D eigenvalue weighted by molar-refractivity contribution is 0.400. The monoisotopic (exact) mass is 469 g/mol. The van der Waals surface area contributed by atoms with Gasteiger partial charge in [0, 0.05) is 30.2 Å². The number of nitrogens with one attached hydrogen (secondary N) is 1. The Labute approximate surface area is 188 Å². The van der Waals surface area contributed by atoms with Crippen molar-refractivity contribution in [3.63, 3.8) is 0 Å². The molecule has 33 heavy (non-hydrogen) atoms. The van der Waals surface area contributed by atoms with Crippen LogP contribution in [0.15, 0.2) is 72.1 Å². The van der Waals surface area contributed by atoms with Crippen molar-refractivity contribution in [2.24, 2.45) is 0 Å². The molecule has 0 fully saturated rings. The molecule has 11 heteroatoms. The van der Waals surface area contributed by atoms with Crippen LogP contribution in [0.1, 0.15) is 0 Å². The molecule has 3 aromatic heterocycles. The van der Waals surface area contributed by atoms with Gasteiger partial charge in [0.15, 0.2) is 16.6 Å². The van der Waals surface area contributed by atoms with Crippen molar-refractivity contribution in [1.82, 2.24) is 19.4 Å². The summed E-state index contributed by atoms with van der Waals surface area (Å²) < 4.78 is 49.8. The molecule has 3 N–H and O–H groups in total. The number of methoxy groups -OCH3 is 1. The average molecular weight is 469 g/mol. The van der Waals surface area contributed by atoms with Gasteiger partial charge in [0.25, 0.3) is 0 Å². The van der Waals surface area contributed by atoms with Crippen molar-refractivity contribution < 1.29 is 23.2 Å². The van der Waals surface area contributed by atoms with Gasteiger partial charge in [-0.1, -0.05) is 6.07 Å². The molecule has 0 aliphatic carbocycles. The molecule has 1 unspecified atom stereocenters. The summed E-state index contributed by atoms with van der Waals surface area (Å²) in [6.45, 7) is 0. The molecule has 2 aromatic carbocycles. The van der Waals surface area contributed by atoms with Gasteiger partial charge < -0.3 is 10.2 Å². The van der Waals surface area contributed by atoms with Crippen LogP contribution >= 0.6 is 0 Å². The number of hydrogen-bond donors (Lipinski definition) is 1. The molecule has 0 amide bonds. The Balaban J connectivity index is 0.00000259. The summed E-state index contributed by atoms with van der Waals surface area (Å²) in [6.07, 6.45) is 6.86. The molecular weight excluding hydrogens is 452 g/mol. The van der Waals surface area contributed by atoms with Crippen LogP contribution in [0.4, 0.5) is 14.5 Å². The number of anilines is 1. The van der Waals surface area contributed by atoms with Gasteiger partial charge in [-0.25, -0.2) is 23.0 Å². The van der Waals surface area contributed by atoms with Crippen molar-refractivity contribution in [2.75, 3.05) is 11.8 Å². The van der Waals surface area contributed by atoms with E-state index in [0.717, 1.165) is 34.4 Å². The van der Waals surface area contributed by atoms with Gasteiger partial charge in [-0.05, 0) is 35.9 Å². The summed E-state index contributed by atoms with van der Waals surface area (Å²) in [5, 5.41) is 0. The van der Waals surface area contributed by atoms with E-state index in [4.69, 9.17) is 4.74 Å². The van der Waals surface area contributed by atoms with Crippen LogP contribution in [0.5, 0.6) is 5.88 Å². The van der Waals surface area contributed by atoms with Gasteiger partial charge in [-0.15, -0.1) is 0 Å². The molecule has 0 aliphatic heterocycles. The zero-order valence-electron chi connectivity index (χ0n) is 17.1. The van der Waals surface area contributed by atoms with E-state index < -0.39 is 22.6 Å². The fourth-order valence-corrected chi connectivity index (χ4v) is 4.26. The number of benzene rings is 2. The summed E-state index contributed by atoms with van der Waals surface area (Å²) in [7, 11) is -0.578. The van der Waals surface area contributed by atoms with Gasteiger partial charge in [0.2, 0.25) is 5.88 Å². The average Bonchev–Trinajstić information content (AvgIpc) is 3.28. The number of pyridine rings is 1. The Hall–Kier alpha value is -3.96. The van der Waals surface area contributed by atoms with Gasteiger partial charge in [-0.2, -0.15) is 0 Å². The minimum Gasteiger partial charge on any atom is -0.480 e. The minimum atomic E-state index is -2.00. The Morgan fingerprint density at radius 2 is 1.85 bits per heavy atom. The number of nitrogens with zero attached hydrogens (tertiary/aromatic N) is 4. The number of imidazole rings is 1. The first-order valence-electron chi connectivity index (χ1n) is 9.43. The molecule has 0 saturated carbocycles. The lowest BCUT2D eigenvalue weighted by atomic mass is 10.1. The topological polar surface area (TPSA) is 113 Å². The highest BCUT2D eigenvalue weighted by atomic mass is 32.2. The van der Waals surface area contributed by atoms with Crippen molar-refractivity contribution in [3.8, 4) is 17.0 Å². The number of fused-ring (bicyclic) bond motifs is 3. The van der Waals surface area contributed by atoms with E-state index in [0.29, 0.717) is 17.3 Å². The van der Waals surface area contributed by atoms with Crippen LogP contribution in [0.2, 0.25) is 0 Å². The molecule has 0 saturated heterocycles. The second-order valence-corrected chi connectivity index (χ2v) is 8.02. The van der Waals surface area contributed by atoms with Gasteiger partial charge >= 0.3 is 0 Å². The number of rotatable bonds is 5. The first-order valence-corrected chi connectivity index (χ1v) is 10.6. The highest BCUT2D eigenvalue weighted by Gasteiger charge is 2.16. The lowest BCUT2D eigenvalue weighted by Crippen LogP contribution is -2.09. The van der Waals surface area contributed by atoms with Gasteiger partial charge in [0.05, 0.1) is 29.2 Å². The molecule has 0 bridgehead atoms. The number of ether oxygens (including phenoxy) is 1. The Kier molecular flexibility index (Phi) is 5.99. The van der Waals surface area contributed by atoms with E-state index in [1.165, 1.54) is 7.11 Å². The predicted octanol–water partition coefficient (Wildman–Crippen LogP) is 3.54. The number of halogens is 2. The smallest absolute Gasteiger partial charge is 0.238 e. The number of hydrogen-bond acceptors (Lipinski definition) is 5. The van der Waals surface area contributed by atoms with Crippen molar-refractivity contribution in [1.29, 1.82) is 0 Å². The molecule has 5 aromatic rings. The first kappa shape index (κ1) is 22.2. The minimum absolute atomic E-state index is 0. The summed E-state index contributed by atoms with van der Waals surface area (Å²) in [5.41, 5.74) is 4.22. The molecule has 168 valence electrons. The second kappa shape index (κ2) is 8.88. The Morgan fingerprint density at radius 1 is 1.00 bits per heavy atom. The number of aromatic nitrogens is 4. The summed E-state index contributed by atoms with van der Waals surface area (Å²) in [6, 6.07) is 10.3. The van der Waals surface area contributed by atoms with E-state index in [1.54, 1.807) is 24.7 Å². The normalized spacial score (nSPS) is 11.8. The van der Waals surface area contributed by atoms with E-state index in [9.17, 15) is 13.0 Å². The van der Waals surface area contributed by atoms with Crippen LogP contribution in [0.25, 0.3) is 27.8 Å². The second-order valence-electron chi connectivity index (χ2n) is 6.84. The van der Waals surface area contributed by atoms with Crippen molar-refractivity contribution in [2.45, 2.75) is 4.90 Å². The fraction of sp³-hybridized carbons (Fsp3) is 0.0455. The first-order chi connectivity index (χ1) is 15.5. The van der Waals surface area contributed by atoms with E-state index in [2.05, 4.69) is 19.7 Å². The summed E-state index contributed by atoms with van der Waals surface area (Å²) in [5.74, 6) is -1.48. The molecular formula is C22H17F2N5O3S. The standard InChI is InChI=1S/C22H15F2N5O2S.H2O/c1-31-22-18(28-32(30)20-5-3-15(23)10-16(20)24)8-14(11-27-22)13-2-4-17-19(9-13)29-7-6-25-21(29)12-26-17;/h2-12,28H,1H3;1H2. The Bertz CT molecular complexity index is 1510. The zero-order valence-corrected chi connectivity index (χ0v) is 17.9. The van der Waals surface area contributed by atoms with Crippen LogP contribution in [0, 0.1) is 11.6 Å². The van der Waals surface area contributed by atoms with E-state index >= 15 is 0 Å². The third-order valence-corrected chi connectivity index (χ3v) is 6.03. The van der Waals surface area contributed by atoms with Crippen molar-refractivity contribution in [3.05, 3.63) is 78.9 Å². The largest absolute Gasteiger partial charge is 0.480 e.